The first kappa shape index (κ1) is 11.8. The van der Waals surface area contributed by atoms with Crippen molar-refractivity contribution >= 4 is 11.6 Å². The number of aromatic nitrogens is 1. The fraction of sp³-hybridized carbons (Fsp3) is 0.545. The molecule has 88 valence electrons. The molecule has 5 heteroatoms. The molecular weight excluding hydrogens is 228 g/mol. The van der Waals surface area contributed by atoms with Crippen LogP contribution >= 0.6 is 11.6 Å². The average Bonchev–Trinajstić information content (AvgIpc) is 2.31. The van der Waals surface area contributed by atoms with Crippen molar-refractivity contribution in [2.75, 3.05) is 26.3 Å². The van der Waals surface area contributed by atoms with Gasteiger partial charge in [-0.2, -0.15) is 0 Å². The number of halogens is 1. The van der Waals surface area contributed by atoms with Gasteiger partial charge in [-0.1, -0.05) is 17.7 Å². The highest BCUT2D eigenvalue weighted by Crippen LogP contribution is 2.14. The lowest BCUT2D eigenvalue weighted by molar-refractivity contribution is 0.0334. The topological polar surface area (TPSA) is 45.6 Å². The highest BCUT2D eigenvalue weighted by atomic mass is 35.5. The van der Waals surface area contributed by atoms with Crippen LogP contribution in [0.1, 0.15) is 11.3 Å². The van der Waals surface area contributed by atoms with Crippen LogP contribution in [0.2, 0.25) is 5.15 Å². The second kappa shape index (κ2) is 5.59. The minimum absolute atomic E-state index is 0.00381. The van der Waals surface area contributed by atoms with Crippen molar-refractivity contribution in [2.45, 2.75) is 13.2 Å². The Kier molecular flexibility index (Phi) is 4.12. The molecule has 2 heterocycles. The number of hydrogen-bond donors (Lipinski definition) is 1. The minimum Gasteiger partial charge on any atom is -0.392 e. The molecule has 0 atom stereocenters. The maximum Gasteiger partial charge on any atom is 0.129 e. The summed E-state index contributed by atoms with van der Waals surface area (Å²) >= 11 is 5.86. The Morgan fingerprint density at radius 3 is 2.81 bits per heavy atom. The van der Waals surface area contributed by atoms with E-state index in [1.54, 1.807) is 6.07 Å². The van der Waals surface area contributed by atoms with Gasteiger partial charge in [-0.15, -0.1) is 0 Å². The van der Waals surface area contributed by atoms with Crippen molar-refractivity contribution in [1.29, 1.82) is 0 Å². The molecule has 1 fully saturated rings. The number of aliphatic hydroxyl groups excluding tert-OH is 1. The standard InChI is InChI=1S/C11H15ClN2O2/c12-11-2-1-9(8-15)10(13-11)7-14-3-5-16-6-4-14/h1-2,15H,3-8H2. The molecule has 0 spiro atoms. The van der Waals surface area contributed by atoms with Gasteiger partial charge in [0.15, 0.2) is 0 Å². The van der Waals surface area contributed by atoms with Gasteiger partial charge in [-0.05, 0) is 6.07 Å². The van der Waals surface area contributed by atoms with E-state index in [0.717, 1.165) is 44.1 Å². The minimum atomic E-state index is 0.00381. The summed E-state index contributed by atoms with van der Waals surface area (Å²) in [7, 11) is 0. The second-order valence-corrected chi connectivity index (χ2v) is 4.17. The Hall–Kier alpha value is -0.680. The van der Waals surface area contributed by atoms with Gasteiger partial charge >= 0.3 is 0 Å². The van der Waals surface area contributed by atoms with Crippen LogP contribution in [0.25, 0.3) is 0 Å². The number of rotatable bonds is 3. The third-order valence-electron chi connectivity index (χ3n) is 2.68. The van der Waals surface area contributed by atoms with E-state index in [-0.39, 0.29) is 6.61 Å². The van der Waals surface area contributed by atoms with E-state index < -0.39 is 0 Å². The van der Waals surface area contributed by atoms with Gasteiger partial charge in [-0.3, -0.25) is 4.90 Å². The average molecular weight is 243 g/mol. The van der Waals surface area contributed by atoms with Gasteiger partial charge in [0, 0.05) is 25.2 Å². The Morgan fingerprint density at radius 2 is 2.12 bits per heavy atom. The maximum atomic E-state index is 9.21. The van der Waals surface area contributed by atoms with Gasteiger partial charge in [0.1, 0.15) is 5.15 Å². The summed E-state index contributed by atoms with van der Waals surface area (Å²) in [4.78, 5) is 6.51. The smallest absolute Gasteiger partial charge is 0.129 e. The van der Waals surface area contributed by atoms with Crippen molar-refractivity contribution in [3.63, 3.8) is 0 Å². The number of nitrogens with zero attached hydrogens (tertiary/aromatic N) is 2. The Labute approximate surface area is 99.8 Å². The molecule has 0 bridgehead atoms. The summed E-state index contributed by atoms with van der Waals surface area (Å²) in [5.74, 6) is 0. The molecule has 16 heavy (non-hydrogen) atoms. The molecule has 1 saturated heterocycles. The third kappa shape index (κ3) is 2.92. The molecule has 0 radical (unpaired) electrons. The van der Waals surface area contributed by atoms with Gasteiger partial charge in [0.25, 0.3) is 0 Å². The van der Waals surface area contributed by atoms with Crippen LogP contribution in [0.3, 0.4) is 0 Å². The zero-order chi connectivity index (χ0) is 11.4. The molecule has 1 aliphatic rings. The van der Waals surface area contributed by atoms with Crippen LogP contribution < -0.4 is 0 Å². The van der Waals surface area contributed by atoms with Crippen LogP contribution in [0.5, 0.6) is 0 Å². The van der Waals surface area contributed by atoms with Crippen molar-refractivity contribution in [2.24, 2.45) is 0 Å². The zero-order valence-corrected chi connectivity index (χ0v) is 9.78. The summed E-state index contributed by atoms with van der Waals surface area (Å²) in [5, 5.41) is 9.69. The third-order valence-corrected chi connectivity index (χ3v) is 2.89. The molecule has 1 N–H and O–H groups in total. The lowest BCUT2D eigenvalue weighted by atomic mass is 10.2. The molecule has 1 aromatic heterocycles. The van der Waals surface area contributed by atoms with E-state index in [2.05, 4.69) is 9.88 Å². The van der Waals surface area contributed by atoms with Crippen LogP contribution in [0.4, 0.5) is 0 Å². The fourth-order valence-corrected chi connectivity index (χ4v) is 1.92. The van der Waals surface area contributed by atoms with E-state index in [9.17, 15) is 5.11 Å². The summed E-state index contributed by atoms with van der Waals surface area (Å²) in [6.45, 7) is 4.05. The van der Waals surface area contributed by atoms with Crippen LogP contribution in [0.15, 0.2) is 12.1 Å². The summed E-state index contributed by atoms with van der Waals surface area (Å²) in [6.07, 6.45) is 0. The Morgan fingerprint density at radius 1 is 1.38 bits per heavy atom. The Bertz CT molecular complexity index is 354. The first-order chi connectivity index (χ1) is 7.79. The van der Waals surface area contributed by atoms with Crippen molar-refractivity contribution in [3.05, 3.63) is 28.5 Å². The highest BCUT2D eigenvalue weighted by molar-refractivity contribution is 6.29. The fourth-order valence-electron chi connectivity index (χ4n) is 1.76. The molecule has 0 saturated carbocycles. The second-order valence-electron chi connectivity index (χ2n) is 3.79. The maximum absolute atomic E-state index is 9.21. The zero-order valence-electron chi connectivity index (χ0n) is 9.03. The normalized spacial score (nSPS) is 17.6. The molecule has 0 aliphatic carbocycles. The number of hydrogen-bond acceptors (Lipinski definition) is 4. The first-order valence-electron chi connectivity index (χ1n) is 5.35. The van der Waals surface area contributed by atoms with Gasteiger partial charge in [-0.25, -0.2) is 4.98 Å². The van der Waals surface area contributed by atoms with E-state index >= 15 is 0 Å². The molecule has 4 nitrogen and oxygen atoms in total. The number of morpholine rings is 1. The lowest BCUT2D eigenvalue weighted by Gasteiger charge is -2.26. The van der Waals surface area contributed by atoms with Crippen molar-refractivity contribution in [1.82, 2.24) is 9.88 Å². The van der Waals surface area contributed by atoms with Crippen molar-refractivity contribution in [3.8, 4) is 0 Å². The monoisotopic (exact) mass is 242 g/mol. The molecule has 0 aromatic carbocycles. The SMILES string of the molecule is OCc1ccc(Cl)nc1CN1CCOCC1. The molecule has 2 rings (SSSR count). The summed E-state index contributed by atoms with van der Waals surface area (Å²) in [5.41, 5.74) is 1.70. The Balaban J connectivity index is 2.09. The van der Waals surface area contributed by atoms with Crippen LogP contribution in [0, 0.1) is 0 Å². The quantitative estimate of drug-likeness (QED) is 0.806. The van der Waals surface area contributed by atoms with E-state index in [0.29, 0.717) is 5.15 Å². The molecule has 0 unspecified atom stereocenters. The van der Waals surface area contributed by atoms with E-state index in [4.69, 9.17) is 16.3 Å². The predicted molar refractivity (Wildman–Crippen MR) is 61.3 cm³/mol. The predicted octanol–water partition coefficient (Wildman–Crippen LogP) is 1.06. The van der Waals surface area contributed by atoms with Crippen LogP contribution in [-0.4, -0.2) is 41.3 Å². The van der Waals surface area contributed by atoms with Crippen LogP contribution in [-0.2, 0) is 17.9 Å². The van der Waals surface area contributed by atoms with Gasteiger partial charge in [0.05, 0.1) is 25.5 Å². The van der Waals surface area contributed by atoms with Gasteiger partial charge < -0.3 is 9.84 Å². The molecule has 1 aromatic rings. The number of ether oxygens (including phenoxy) is 1. The number of pyridine rings is 1. The molecule has 1 aliphatic heterocycles. The van der Waals surface area contributed by atoms with Gasteiger partial charge in [0.2, 0.25) is 0 Å². The largest absolute Gasteiger partial charge is 0.392 e. The van der Waals surface area contributed by atoms with E-state index in [1.165, 1.54) is 0 Å². The first-order valence-corrected chi connectivity index (χ1v) is 5.72. The van der Waals surface area contributed by atoms with Crippen molar-refractivity contribution < 1.29 is 9.84 Å². The highest BCUT2D eigenvalue weighted by Gasteiger charge is 2.13. The molecule has 0 amide bonds. The molecular formula is C11H15ClN2O2. The summed E-state index contributed by atoms with van der Waals surface area (Å²) in [6, 6.07) is 3.53. The van der Waals surface area contributed by atoms with E-state index in [1.807, 2.05) is 6.07 Å². The lowest BCUT2D eigenvalue weighted by Crippen LogP contribution is -2.36. The number of aliphatic hydroxyl groups is 1. The summed E-state index contributed by atoms with van der Waals surface area (Å²) < 4.78 is 5.28.